The first-order valence-corrected chi connectivity index (χ1v) is 31.2. The highest BCUT2D eigenvalue weighted by Gasteiger charge is 2.46. The smallest absolute Gasteiger partial charge is 0.343 e. The van der Waals surface area contributed by atoms with Gasteiger partial charge in [-0.25, -0.2) is 9.78 Å². The number of hydrogen-bond donors (Lipinski definition) is 7. The Labute approximate surface area is 532 Å². The number of aromatic nitrogens is 2. The largest absolute Gasteiger partial charge is 0.458 e. The zero-order valence-corrected chi connectivity index (χ0v) is 52.7. The summed E-state index contributed by atoms with van der Waals surface area (Å²) in [6, 6.07) is 1.88. The fourth-order valence-electron chi connectivity index (χ4n) is 10.3. The van der Waals surface area contributed by atoms with E-state index in [1.807, 2.05) is 0 Å². The molecule has 92 heavy (non-hydrogen) atoms. The van der Waals surface area contributed by atoms with Crippen LogP contribution in [0.3, 0.4) is 0 Å². The molecule has 4 aliphatic rings. The Morgan fingerprint density at radius 3 is 1.82 bits per heavy atom. The maximum absolute atomic E-state index is 14.0. The fourth-order valence-corrected chi connectivity index (χ4v) is 10.3. The van der Waals surface area contributed by atoms with Crippen molar-refractivity contribution in [1.29, 1.82) is 0 Å². The van der Waals surface area contributed by atoms with Crippen LogP contribution in [0.2, 0.25) is 0 Å². The molecule has 4 aliphatic heterocycles. The van der Waals surface area contributed by atoms with Crippen LogP contribution < -0.4 is 47.4 Å². The number of fused-ring (bicyclic) bond motifs is 6. The van der Waals surface area contributed by atoms with Gasteiger partial charge in [0.25, 0.3) is 17.4 Å². The zero-order chi connectivity index (χ0) is 66.0. The van der Waals surface area contributed by atoms with Crippen LogP contribution in [-0.2, 0) is 106 Å². The number of esters is 1. The molecular weight excluding hydrogens is 1210 g/mol. The minimum absolute atomic E-state index is 0.00782. The third-order valence-electron chi connectivity index (χ3n) is 15.4. The van der Waals surface area contributed by atoms with Gasteiger partial charge >= 0.3 is 5.97 Å². The van der Waals surface area contributed by atoms with Crippen LogP contribution in [0, 0.1) is 5.92 Å². The summed E-state index contributed by atoms with van der Waals surface area (Å²) >= 11 is 0. The summed E-state index contributed by atoms with van der Waals surface area (Å²) in [4.78, 5) is 122. The molecule has 6 heterocycles. The Morgan fingerprint density at radius 2 is 1.24 bits per heavy atom. The highest BCUT2D eigenvalue weighted by atomic mass is 16.7. The quantitative estimate of drug-likeness (QED) is 0.0169. The van der Waals surface area contributed by atoms with Crippen LogP contribution in [0.4, 0.5) is 0 Å². The van der Waals surface area contributed by atoms with Crippen LogP contribution >= 0.6 is 0 Å². The van der Waals surface area contributed by atoms with E-state index < -0.39 is 70.7 Å². The van der Waals surface area contributed by atoms with Gasteiger partial charge in [-0.2, -0.15) is 0 Å². The van der Waals surface area contributed by atoms with Crippen LogP contribution in [0.5, 0.6) is 11.5 Å². The molecule has 0 bridgehead atoms. The Bertz CT molecular complexity index is 3120. The first kappa shape index (κ1) is 71.9. The van der Waals surface area contributed by atoms with Crippen LogP contribution in [0.1, 0.15) is 88.5 Å². The molecule has 506 valence electrons. The topological polar surface area (TPSA) is 383 Å². The standard InChI is InChI=1S/C62H87N9O21/c1-5-62(81)45-33-48-56-43(36-71(48)60(79)44(45)37-90-61(62)80)42(41-32-49-50(92-38-91-49)34-47(41)67-56)35-65-57(76)40(4)66-58(77)46(8-6-7-13-63)68-59(78)55(39(2)3)69-52(73)12-16-82-18-20-84-22-24-86-26-28-88-30-31-89-29-27-87-25-23-85-21-19-83-17-14-64-51(72)11-15-70-53(74)9-10-54(70)75/h9-10,32-34,39-40,46,55,81H,5-8,11-31,35-38,63H2,1-4H3,(H,64,72)(H,65,76)(H,66,77)(H,68,78)(H,69,73)/t40-,46+,55+,62+/m1/s1. The molecule has 4 atom stereocenters. The van der Waals surface area contributed by atoms with Crippen molar-refractivity contribution < 1.29 is 95.6 Å². The molecule has 0 fully saturated rings. The summed E-state index contributed by atoms with van der Waals surface area (Å²) in [7, 11) is 0. The number of nitrogens with zero attached hydrogens (tertiary/aromatic N) is 3. The summed E-state index contributed by atoms with van der Waals surface area (Å²) in [6.07, 6.45) is 3.56. The number of pyridine rings is 2. The number of nitrogens with one attached hydrogen (secondary N) is 5. The van der Waals surface area contributed by atoms with Crippen molar-refractivity contribution in [2.24, 2.45) is 11.7 Å². The van der Waals surface area contributed by atoms with Gasteiger partial charge < -0.3 is 94.1 Å². The SMILES string of the molecule is CC[C@@]1(O)C(=O)OCc2c1cc1n(c2=O)Cc2c-1nc1cc3c(cc1c2CNC(=O)[C@@H](C)NC(=O)[C@H](CCCCN)NC(=O)[C@@H](NC(=O)CCOCCOCCOCCOCCOCCOCCOCCOCCNC(=O)CCN1C(=O)C=CC1=O)C(C)C)OCO3. The predicted octanol–water partition coefficient (Wildman–Crippen LogP) is -0.362. The summed E-state index contributed by atoms with van der Waals surface area (Å²) < 4.78 is 62.1. The number of nitrogens with two attached hydrogens (primary N) is 1. The zero-order valence-electron chi connectivity index (χ0n) is 52.7. The lowest BCUT2D eigenvalue weighted by molar-refractivity contribution is -0.172. The van der Waals surface area contributed by atoms with Crippen molar-refractivity contribution >= 4 is 58.2 Å². The average Bonchev–Trinajstić information content (AvgIpc) is 1.51. The van der Waals surface area contributed by atoms with E-state index >= 15 is 0 Å². The lowest BCUT2D eigenvalue weighted by Crippen LogP contribution is -2.57. The highest BCUT2D eigenvalue weighted by molar-refractivity contribution is 6.13. The van der Waals surface area contributed by atoms with E-state index in [0.29, 0.717) is 157 Å². The van der Waals surface area contributed by atoms with Gasteiger partial charge in [0.1, 0.15) is 24.7 Å². The van der Waals surface area contributed by atoms with Gasteiger partial charge in [0.2, 0.25) is 36.3 Å². The van der Waals surface area contributed by atoms with E-state index in [0.717, 1.165) is 4.90 Å². The van der Waals surface area contributed by atoms with Gasteiger partial charge in [0, 0.05) is 67.2 Å². The number of carbonyl (C=O) groups excluding carboxylic acids is 8. The van der Waals surface area contributed by atoms with Crippen molar-refractivity contribution in [2.75, 3.05) is 132 Å². The highest BCUT2D eigenvalue weighted by Crippen LogP contribution is 2.43. The van der Waals surface area contributed by atoms with Gasteiger partial charge in [-0.3, -0.25) is 43.3 Å². The van der Waals surface area contributed by atoms with E-state index in [-0.39, 0.29) is 101 Å². The molecule has 7 rings (SSSR count). The maximum Gasteiger partial charge on any atom is 0.343 e. The van der Waals surface area contributed by atoms with Crippen molar-refractivity contribution in [3.63, 3.8) is 0 Å². The summed E-state index contributed by atoms with van der Waals surface area (Å²) in [5, 5.41) is 25.9. The molecule has 30 nitrogen and oxygen atoms in total. The van der Waals surface area contributed by atoms with E-state index in [1.165, 1.54) is 23.6 Å². The molecule has 8 N–H and O–H groups in total. The van der Waals surface area contributed by atoms with Crippen molar-refractivity contribution in [1.82, 2.24) is 41.0 Å². The number of unbranched alkanes of at least 4 members (excludes halogenated alkanes) is 1. The van der Waals surface area contributed by atoms with Crippen molar-refractivity contribution in [3.05, 3.63) is 63.0 Å². The normalized spacial score (nSPS) is 16.3. The number of imide groups is 1. The number of benzene rings is 1. The van der Waals surface area contributed by atoms with Gasteiger partial charge in [0.15, 0.2) is 17.1 Å². The Balaban J connectivity index is 0.722. The fraction of sp³-hybridized carbons (Fsp3) is 0.613. The average molecular weight is 1290 g/mol. The Morgan fingerprint density at radius 1 is 0.663 bits per heavy atom. The van der Waals surface area contributed by atoms with E-state index in [4.69, 9.17) is 62.8 Å². The molecule has 1 aromatic carbocycles. The van der Waals surface area contributed by atoms with Gasteiger partial charge in [-0.05, 0) is 62.8 Å². The Hall–Kier alpha value is -7.52. The van der Waals surface area contributed by atoms with Crippen LogP contribution in [-0.4, -0.2) is 217 Å². The lowest BCUT2D eigenvalue weighted by atomic mass is 9.86. The number of hydrogen-bond acceptors (Lipinski definition) is 23. The molecular formula is C62H87N9O21. The summed E-state index contributed by atoms with van der Waals surface area (Å²) in [5.41, 5.74) is 6.07. The second-order valence-electron chi connectivity index (χ2n) is 22.2. The van der Waals surface area contributed by atoms with Gasteiger partial charge in [-0.1, -0.05) is 20.8 Å². The van der Waals surface area contributed by atoms with Crippen LogP contribution in [0.15, 0.2) is 35.1 Å². The lowest BCUT2D eigenvalue weighted by Gasteiger charge is -2.31. The number of ether oxygens (including phenoxy) is 11. The number of aliphatic hydroxyl groups is 1. The first-order valence-electron chi connectivity index (χ1n) is 31.2. The van der Waals surface area contributed by atoms with Crippen molar-refractivity contribution in [2.45, 2.75) is 110 Å². The molecule has 2 aromatic heterocycles. The van der Waals surface area contributed by atoms with E-state index in [1.54, 1.807) is 39.0 Å². The summed E-state index contributed by atoms with van der Waals surface area (Å²) in [5.74, 6) is -3.62. The molecule has 7 amide bonds. The molecule has 30 heteroatoms. The Kier molecular flexibility index (Phi) is 28.6. The van der Waals surface area contributed by atoms with Crippen LogP contribution in [0.25, 0.3) is 22.3 Å². The third-order valence-corrected chi connectivity index (χ3v) is 15.4. The number of amides is 7. The first-order chi connectivity index (χ1) is 44.4. The number of rotatable bonds is 44. The molecule has 0 saturated carbocycles. The minimum atomic E-state index is -2.03. The monoisotopic (exact) mass is 1290 g/mol. The number of carbonyl (C=O) groups is 8. The summed E-state index contributed by atoms with van der Waals surface area (Å²) in [6.45, 7) is 12.4. The maximum atomic E-state index is 14.0. The van der Waals surface area contributed by atoms with E-state index in [9.17, 15) is 48.3 Å². The molecule has 0 spiro atoms. The minimum Gasteiger partial charge on any atom is -0.458 e. The predicted molar refractivity (Wildman–Crippen MR) is 326 cm³/mol. The third kappa shape index (κ3) is 20.2. The van der Waals surface area contributed by atoms with Gasteiger partial charge in [-0.15, -0.1) is 0 Å². The molecule has 0 unspecified atom stereocenters. The molecule has 0 radical (unpaired) electrons. The second kappa shape index (κ2) is 36.7. The molecule has 0 saturated heterocycles. The number of cyclic esters (lactones) is 1. The van der Waals surface area contributed by atoms with Gasteiger partial charge in [0.05, 0.1) is 135 Å². The second-order valence-corrected chi connectivity index (χ2v) is 22.2. The molecule has 0 aliphatic carbocycles. The van der Waals surface area contributed by atoms with E-state index in [2.05, 4.69) is 26.6 Å². The molecule has 3 aromatic rings. The van der Waals surface area contributed by atoms with Crippen molar-refractivity contribution in [3.8, 4) is 22.9 Å².